The highest BCUT2D eigenvalue weighted by Gasteiger charge is 2.59. The van der Waals surface area contributed by atoms with E-state index in [-0.39, 0.29) is 22.3 Å². The van der Waals surface area contributed by atoms with Gasteiger partial charge >= 0.3 is 6.09 Å². The number of oxime groups is 1. The molecule has 0 radical (unpaired) electrons. The summed E-state index contributed by atoms with van der Waals surface area (Å²) in [6.45, 7) is 13.9. The zero-order valence-electron chi connectivity index (χ0n) is 24.4. The molecule has 1 amide bonds. The molecule has 0 bridgehead atoms. The molecule has 1 unspecified atom stereocenters. The lowest BCUT2D eigenvalue weighted by Gasteiger charge is -2.58. The van der Waals surface area contributed by atoms with Gasteiger partial charge in [0, 0.05) is 38.0 Å². The van der Waals surface area contributed by atoms with Gasteiger partial charge in [0.1, 0.15) is 0 Å². The highest BCUT2D eigenvalue weighted by atomic mass is 16.7. The molecule has 0 aromatic carbocycles. The number of allylic oxidation sites excluding steroid dienone is 1. The van der Waals surface area contributed by atoms with Gasteiger partial charge in [-0.05, 0) is 105 Å². The quantitative estimate of drug-likeness (QED) is 0.278. The van der Waals surface area contributed by atoms with Crippen LogP contribution in [0.4, 0.5) is 4.79 Å². The van der Waals surface area contributed by atoms with Crippen LogP contribution >= 0.6 is 0 Å². The monoisotopic (exact) mass is 526 g/mol. The zero-order valence-corrected chi connectivity index (χ0v) is 24.4. The number of amides is 1. The second-order valence-electron chi connectivity index (χ2n) is 14.2. The van der Waals surface area contributed by atoms with Crippen LogP contribution in [0.15, 0.2) is 16.8 Å². The van der Waals surface area contributed by atoms with Gasteiger partial charge in [-0.2, -0.15) is 0 Å². The lowest BCUT2D eigenvalue weighted by atomic mass is 9.46. The van der Waals surface area contributed by atoms with E-state index in [1.807, 2.05) is 6.08 Å². The molecule has 5 rings (SSSR count). The van der Waals surface area contributed by atoms with Crippen molar-refractivity contribution in [2.45, 2.75) is 98.4 Å². The fourth-order valence-electron chi connectivity index (χ4n) is 9.44. The van der Waals surface area contributed by atoms with Crippen LogP contribution < -0.4 is 11.1 Å². The Labute approximate surface area is 229 Å². The Morgan fingerprint density at radius 2 is 1.89 bits per heavy atom. The van der Waals surface area contributed by atoms with Crippen molar-refractivity contribution in [3.63, 3.8) is 0 Å². The number of rotatable bonds is 6. The van der Waals surface area contributed by atoms with E-state index in [4.69, 9.17) is 10.6 Å². The third-order valence-electron chi connectivity index (χ3n) is 11.9. The summed E-state index contributed by atoms with van der Waals surface area (Å²) in [5.41, 5.74) is 8.75. The van der Waals surface area contributed by atoms with Crippen LogP contribution in [0.5, 0.6) is 0 Å². The van der Waals surface area contributed by atoms with Crippen molar-refractivity contribution < 1.29 is 14.4 Å². The molecule has 1 saturated heterocycles. The lowest BCUT2D eigenvalue weighted by molar-refractivity contribution is -0.117. The van der Waals surface area contributed by atoms with Crippen LogP contribution in [0.1, 0.15) is 92.4 Å². The van der Waals surface area contributed by atoms with Gasteiger partial charge in [-0.25, -0.2) is 4.79 Å². The van der Waals surface area contributed by atoms with E-state index < -0.39 is 6.09 Å². The van der Waals surface area contributed by atoms with Gasteiger partial charge in [0.25, 0.3) is 0 Å². The van der Waals surface area contributed by atoms with E-state index in [0.29, 0.717) is 55.5 Å². The van der Waals surface area contributed by atoms with Crippen LogP contribution in [-0.2, 0) is 9.63 Å². The Morgan fingerprint density at radius 3 is 2.61 bits per heavy atom. The van der Waals surface area contributed by atoms with Crippen LogP contribution in [0.2, 0.25) is 0 Å². The van der Waals surface area contributed by atoms with Gasteiger partial charge < -0.3 is 16.0 Å². The Morgan fingerprint density at radius 1 is 1.11 bits per heavy atom. The summed E-state index contributed by atoms with van der Waals surface area (Å²) >= 11 is 0. The molecule has 0 spiro atoms. The van der Waals surface area contributed by atoms with Crippen LogP contribution in [0.3, 0.4) is 0 Å². The third-order valence-corrected chi connectivity index (χ3v) is 11.9. The molecule has 212 valence electrons. The standard InChI is InChI=1S/C31H50N4O3/c1-20(34-38-28(37)35(17-15-32)19-27-29(2,3)14-16-33-27)24-8-9-25-23-7-6-21-18-22(36)10-12-30(21,4)26(23)11-13-31(24,25)5/h18,23-27,33H,6-17,19,32H2,1-5H3/b34-20+/t23-,24+,25-,26-,27?,30-,31+/m0/s1. The maximum atomic E-state index is 13.1. The number of ketones is 1. The normalized spacial score (nSPS) is 40.2. The number of carbonyl (C=O) groups excluding carboxylic acids is 2. The topological polar surface area (TPSA) is 97.0 Å². The molecule has 1 aliphatic heterocycles. The van der Waals surface area contributed by atoms with Crippen molar-refractivity contribution in [3.05, 3.63) is 11.6 Å². The number of fused-ring (bicyclic) bond motifs is 5. The highest BCUT2D eigenvalue weighted by molar-refractivity contribution is 5.91. The molecule has 7 atom stereocenters. The number of carbonyl (C=O) groups is 2. The Balaban J connectivity index is 1.26. The van der Waals surface area contributed by atoms with Gasteiger partial charge in [-0.1, -0.05) is 38.4 Å². The van der Waals surface area contributed by atoms with Gasteiger partial charge in [0.15, 0.2) is 5.78 Å². The molecule has 1 heterocycles. The summed E-state index contributed by atoms with van der Waals surface area (Å²) in [7, 11) is 0. The fraction of sp³-hybridized carbons (Fsp3) is 0.839. The fourth-order valence-corrected chi connectivity index (χ4v) is 9.44. The minimum Gasteiger partial charge on any atom is -0.329 e. The molecule has 5 aliphatic rings. The minimum absolute atomic E-state index is 0.137. The molecular weight excluding hydrogens is 476 g/mol. The maximum absolute atomic E-state index is 13.1. The third kappa shape index (κ3) is 4.76. The van der Waals surface area contributed by atoms with Crippen LogP contribution in [-0.4, -0.2) is 54.7 Å². The minimum atomic E-state index is -0.394. The Bertz CT molecular complexity index is 1010. The van der Waals surface area contributed by atoms with E-state index in [1.165, 1.54) is 31.3 Å². The average Bonchev–Trinajstić information content (AvgIpc) is 3.40. The first-order valence-electron chi connectivity index (χ1n) is 15.2. The number of nitrogens with zero attached hydrogens (tertiary/aromatic N) is 2. The molecule has 0 aromatic rings. The number of hydrogen-bond acceptors (Lipinski definition) is 6. The molecule has 38 heavy (non-hydrogen) atoms. The summed E-state index contributed by atoms with van der Waals surface area (Å²) < 4.78 is 0. The smallest absolute Gasteiger partial charge is 0.329 e. The molecule has 3 saturated carbocycles. The van der Waals surface area contributed by atoms with Crippen molar-refractivity contribution in [3.8, 4) is 0 Å². The van der Waals surface area contributed by atoms with Gasteiger partial charge in [-0.15, -0.1) is 0 Å². The summed E-state index contributed by atoms with van der Waals surface area (Å²) in [4.78, 5) is 32.5. The number of nitrogens with one attached hydrogen (secondary N) is 1. The molecular formula is C31H50N4O3. The van der Waals surface area contributed by atoms with Crippen molar-refractivity contribution >= 4 is 17.6 Å². The average molecular weight is 527 g/mol. The second-order valence-corrected chi connectivity index (χ2v) is 14.2. The Kier molecular flexibility index (Phi) is 7.58. The van der Waals surface area contributed by atoms with Crippen molar-refractivity contribution in [2.75, 3.05) is 26.2 Å². The number of hydrogen-bond donors (Lipinski definition) is 2. The summed E-state index contributed by atoms with van der Waals surface area (Å²) in [6.07, 6.45) is 11.4. The predicted molar refractivity (Wildman–Crippen MR) is 151 cm³/mol. The first-order valence-corrected chi connectivity index (χ1v) is 15.2. The van der Waals surface area contributed by atoms with Crippen LogP contribution in [0, 0.1) is 39.9 Å². The second kappa shape index (κ2) is 10.3. The van der Waals surface area contributed by atoms with Gasteiger partial charge in [-0.3, -0.25) is 9.63 Å². The zero-order chi connectivity index (χ0) is 27.3. The molecule has 0 aromatic heterocycles. The maximum Gasteiger partial charge on any atom is 0.436 e. The largest absolute Gasteiger partial charge is 0.436 e. The molecule has 3 N–H and O–H groups in total. The van der Waals surface area contributed by atoms with E-state index in [1.54, 1.807) is 4.90 Å². The molecule has 7 heteroatoms. The van der Waals surface area contributed by atoms with Crippen molar-refractivity contribution in [1.29, 1.82) is 0 Å². The predicted octanol–water partition coefficient (Wildman–Crippen LogP) is 5.30. The van der Waals surface area contributed by atoms with Gasteiger partial charge in [0.05, 0.1) is 5.71 Å². The summed E-state index contributed by atoms with van der Waals surface area (Å²) in [6, 6.07) is 0.228. The van der Waals surface area contributed by atoms with Gasteiger partial charge in [0.2, 0.25) is 0 Å². The highest BCUT2D eigenvalue weighted by Crippen LogP contribution is 2.66. The lowest BCUT2D eigenvalue weighted by Crippen LogP contribution is -2.51. The summed E-state index contributed by atoms with van der Waals surface area (Å²) in [5, 5.41) is 8.00. The molecule has 4 fully saturated rings. The van der Waals surface area contributed by atoms with Crippen molar-refractivity contribution in [2.24, 2.45) is 50.8 Å². The molecule has 4 aliphatic carbocycles. The first kappa shape index (κ1) is 27.8. The first-order chi connectivity index (χ1) is 18.0. The van der Waals surface area contributed by atoms with E-state index in [9.17, 15) is 9.59 Å². The summed E-state index contributed by atoms with van der Waals surface area (Å²) in [5.74, 6) is 2.74. The van der Waals surface area contributed by atoms with Crippen molar-refractivity contribution in [1.82, 2.24) is 10.2 Å². The van der Waals surface area contributed by atoms with E-state index >= 15 is 0 Å². The van der Waals surface area contributed by atoms with E-state index in [0.717, 1.165) is 37.9 Å². The van der Waals surface area contributed by atoms with Crippen LogP contribution in [0.25, 0.3) is 0 Å². The molecule has 7 nitrogen and oxygen atoms in total. The SMILES string of the molecule is C/C(=N\OC(=O)N(CCN)CC1NCCC1(C)C)[C@H]1CC[C@H]2[C@@H]3CCC4=CC(=O)CC[C@]4(C)[C@H]3CC[C@]12C. The van der Waals surface area contributed by atoms with E-state index in [2.05, 4.69) is 45.1 Å². The number of nitrogens with two attached hydrogens (primary N) is 1. The Hall–Kier alpha value is -1.73.